The summed E-state index contributed by atoms with van der Waals surface area (Å²) in [4.78, 5) is 2.68. The zero-order valence-electron chi connectivity index (χ0n) is 12.6. The molecule has 3 fully saturated rings. The Balaban J connectivity index is 1.22. The molecule has 2 aliphatic heterocycles. The van der Waals surface area contributed by atoms with Gasteiger partial charge in [0.15, 0.2) is 0 Å². The van der Waals surface area contributed by atoms with Crippen LogP contribution >= 0.6 is 0 Å². The fourth-order valence-corrected chi connectivity index (χ4v) is 4.44. The molecule has 3 atom stereocenters. The van der Waals surface area contributed by atoms with E-state index in [-0.39, 0.29) is 5.82 Å². The third kappa shape index (κ3) is 3.00. The first kappa shape index (κ1) is 13.7. The lowest BCUT2D eigenvalue weighted by atomic mass is 9.90. The molecule has 1 aliphatic carbocycles. The molecule has 4 rings (SSSR count). The second-order valence-corrected chi connectivity index (χ2v) is 7.22. The van der Waals surface area contributed by atoms with Crippen LogP contribution in [0.2, 0.25) is 0 Å². The summed E-state index contributed by atoms with van der Waals surface area (Å²) < 4.78 is 12.9. The molecular formula is C18H25FN2. The lowest BCUT2D eigenvalue weighted by Gasteiger charge is -2.32. The van der Waals surface area contributed by atoms with Gasteiger partial charge in [0.25, 0.3) is 0 Å². The predicted molar refractivity (Wildman–Crippen MR) is 82.6 cm³/mol. The van der Waals surface area contributed by atoms with Gasteiger partial charge in [-0.15, -0.1) is 0 Å². The van der Waals surface area contributed by atoms with Gasteiger partial charge in [0.2, 0.25) is 0 Å². The molecule has 21 heavy (non-hydrogen) atoms. The molecule has 114 valence electrons. The van der Waals surface area contributed by atoms with Crippen molar-refractivity contribution in [1.82, 2.24) is 10.2 Å². The summed E-state index contributed by atoms with van der Waals surface area (Å²) in [6.45, 7) is 6.37. The van der Waals surface area contributed by atoms with E-state index in [0.29, 0.717) is 0 Å². The first-order valence-corrected chi connectivity index (χ1v) is 8.47. The van der Waals surface area contributed by atoms with E-state index in [4.69, 9.17) is 0 Å². The molecule has 1 unspecified atom stereocenters. The highest BCUT2D eigenvalue weighted by Gasteiger charge is 2.52. The van der Waals surface area contributed by atoms with Crippen LogP contribution in [-0.4, -0.2) is 37.6 Å². The first-order valence-electron chi connectivity index (χ1n) is 8.47. The van der Waals surface area contributed by atoms with Gasteiger partial charge < -0.3 is 10.2 Å². The molecule has 0 bridgehead atoms. The fourth-order valence-electron chi connectivity index (χ4n) is 4.44. The van der Waals surface area contributed by atoms with E-state index in [1.54, 1.807) is 12.1 Å². The van der Waals surface area contributed by atoms with Crippen LogP contribution in [0.25, 0.3) is 0 Å². The number of nitrogens with zero attached hydrogens (tertiary/aromatic N) is 1. The van der Waals surface area contributed by atoms with Crippen LogP contribution in [0.4, 0.5) is 4.39 Å². The number of hydrogen-bond donors (Lipinski definition) is 1. The molecule has 0 spiro atoms. The second kappa shape index (κ2) is 5.69. The van der Waals surface area contributed by atoms with Crippen LogP contribution < -0.4 is 5.32 Å². The van der Waals surface area contributed by atoms with Crippen LogP contribution in [0.3, 0.4) is 0 Å². The lowest BCUT2D eigenvalue weighted by Crippen LogP contribution is -2.36. The molecule has 1 saturated carbocycles. The average Bonchev–Trinajstić information content (AvgIpc) is 2.94. The maximum Gasteiger partial charge on any atom is 0.123 e. The summed E-state index contributed by atoms with van der Waals surface area (Å²) in [5, 5.41) is 3.48. The minimum Gasteiger partial charge on any atom is -0.316 e. The van der Waals surface area contributed by atoms with Crippen LogP contribution in [0.1, 0.15) is 18.4 Å². The number of hydrogen-bond acceptors (Lipinski definition) is 2. The average molecular weight is 288 g/mol. The number of fused-ring (bicyclic) bond motifs is 1. The van der Waals surface area contributed by atoms with Crippen molar-refractivity contribution >= 4 is 0 Å². The normalized spacial score (nSPS) is 33.1. The van der Waals surface area contributed by atoms with E-state index in [1.807, 2.05) is 12.1 Å². The Labute approximate surface area is 126 Å². The van der Waals surface area contributed by atoms with Crippen molar-refractivity contribution in [2.24, 2.45) is 23.7 Å². The summed E-state index contributed by atoms with van der Waals surface area (Å²) in [5.41, 5.74) is 1.29. The number of rotatable bonds is 4. The lowest BCUT2D eigenvalue weighted by molar-refractivity contribution is 0.172. The van der Waals surface area contributed by atoms with E-state index in [1.165, 1.54) is 51.1 Å². The molecule has 1 aromatic rings. The van der Waals surface area contributed by atoms with E-state index in [2.05, 4.69) is 10.2 Å². The van der Waals surface area contributed by atoms with Gasteiger partial charge in [0.1, 0.15) is 5.82 Å². The van der Waals surface area contributed by atoms with E-state index in [0.717, 1.165) is 30.1 Å². The second-order valence-electron chi connectivity index (χ2n) is 7.22. The minimum absolute atomic E-state index is 0.127. The molecule has 2 saturated heterocycles. The van der Waals surface area contributed by atoms with E-state index < -0.39 is 0 Å². The molecule has 0 amide bonds. The van der Waals surface area contributed by atoms with Crippen molar-refractivity contribution in [3.63, 3.8) is 0 Å². The first-order chi connectivity index (χ1) is 10.3. The zero-order valence-corrected chi connectivity index (χ0v) is 12.6. The Kier molecular flexibility index (Phi) is 3.72. The standard InChI is InChI=1S/C18H25FN2/c19-15-3-1-13(2-4-15)9-14-5-7-21(8-6-14)12-18-16-10-20-11-17(16)18/h1-4,14,16-18,20H,5-12H2/t16-,17+,18?. The number of halogens is 1. The Morgan fingerprint density at radius 2 is 1.71 bits per heavy atom. The summed E-state index contributed by atoms with van der Waals surface area (Å²) in [7, 11) is 0. The largest absolute Gasteiger partial charge is 0.316 e. The maximum absolute atomic E-state index is 12.9. The van der Waals surface area contributed by atoms with Gasteiger partial charge in [0, 0.05) is 6.54 Å². The zero-order chi connectivity index (χ0) is 14.2. The third-order valence-corrected chi connectivity index (χ3v) is 5.88. The summed E-state index contributed by atoms with van der Waals surface area (Å²) in [6, 6.07) is 7.06. The van der Waals surface area contributed by atoms with Crippen LogP contribution in [0.15, 0.2) is 24.3 Å². The minimum atomic E-state index is -0.127. The van der Waals surface area contributed by atoms with Crippen LogP contribution in [-0.2, 0) is 6.42 Å². The number of nitrogens with one attached hydrogen (secondary N) is 1. The molecule has 3 heteroatoms. The molecule has 0 aromatic heterocycles. The van der Waals surface area contributed by atoms with E-state index >= 15 is 0 Å². The SMILES string of the molecule is Fc1ccc(CC2CCN(CC3[C@H]4CNC[C@@H]34)CC2)cc1. The van der Waals surface area contributed by atoms with Gasteiger partial charge in [-0.05, 0) is 86.8 Å². The monoisotopic (exact) mass is 288 g/mol. The molecule has 0 radical (unpaired) electrons. The summed E-state index contributed by atoms with van der Waals surface area (Å²) in [5.74, 6) is 3.62. The fraction of sp³-hybridized carbons (Fsp3) is 0.667. The summed E-state index contributed by atoms with van der Waals surface area (Å²) >= 11 is 0. The smallest absolute Gasteiger partial charge is 0.123 e. The Bertz CT molecular complexity index is 468. The van der Waals surface area contributed by atoms with Crippen molar-refractivity contribution in [3.05, 3.63) is 35.6 Å². The highest BCUT2D eigenvalue weighted by atomic mass is 19.1. The van der Waals surface area contributed by atoms with Gasteiger partial charge in [-0.25, -0.2) is 4.39 Å². The molecule has 2 heterocycles. The predicted octanol–water partition coefficient (Wildman–Crippen LogP) is 2.55. The van der Waals surface area contributed by atoms with Crippen molar-refractivity contribution in [2.75, 3.05) is 32.7 Å². The number of piperidine rings is 2. The van der Waals surface area contributed by atoms with Gasteiger partial charge in [-0.1, -0.05) is 12.1 Å². The molecule has 1 aromatic carbocycles. The molecule has 1 N–H and O–H groups in total. The van der Waals surface area contributed by atoms with Crippen molar-refractivity contribution in [1.29, 1.82) is 0 Å². The van der Waals surface area contributed by atoms with Crippen molar-refractivity contribution in [3.8, 4) is 0 Å². The highest BCUT2D eigenvalue weighted by molar-refractivity contribution is 5.16. The summed E-state index contributed by atoms with van der Waals surface area (Å²) in [6.07, 6.45) is 3.72. The van der Waals surface area contributed by atoms with E-state index in [9.17, 15) is 4.39 Å². The maximum atomic E-state index is 12.9. The van der Waals surface area contributed by atoms with Gasteiger partial charge in [0.05, 0.1) is 0 Å². The topological polar surface area (TPSA) is 15.3 Å². The van der Waals surface area contributed by atoms with Gasteiger partial charge in [-0.3, -0.25) is 0 Å². The molecular weight excluding hydrogens is 263 g/mol. The highest BCUT2D eigenvalue weighted by Crippen LogP contribution is 2.49. The van der Waals surface area contributed by atoms with Gasteiger partial charge in [-0.2, -0.15) is 0 Å². The van der Waals surface area contributed by atoms with Crippen molar-refractivity contribution in [2.45, 2.75) is 19.3 Å². The Morgan fingerprint density at radius 1 is 1.05 bits per heavy atom. The number of benzene rings is 1. The number of likely N-dealkylation sites (tertiary alicyclic amines) is 1. The Morgan fingerprint density at radius 3 is 2.38 bits per heavy atom. The molecule has 3 aliphatic rings. The van der Waals surface area contributed by atoms with Crippen LogP contribution in [0.5, 0.6) is 0 Å². The Hall–Kier alpha value is -0.930. The van der Waals surface area contributed by atoms with Gasteiger partial charge >= 0.3 is 0 Å². The third-order valence-electron chi connectivity index (χ3n) is 5.88. The van der Waals surface area contributed by atoms with Crippen LogP contribution in [0, 0.1) is 29.5 Å². The van der Waals surface area contributed by atoms with Crippen molar-refractivity contribution < 1.29 is 4.39 Å². The molecule has 2 nitrogen and oxygen atoms in total. The quantitative estimate of drug-likeness (QED) is 0.916.